The minimum Gasteiger partial charge on any atom is -0.482 e. The first-order valence-electron chi connectivity index (χ1n) is 15.8. The van der Waals surface area contributed by atoms with Crippen molar-refractivity contribution in [3.63, 3.8) is 0 Å². The Balaban J connectivity index is 1.74. The van der Waals surface area contributed by atoms with Crippen molar-refractivity contribution in [2.75, 3.05) is 11.9 Å². The van der Waals surface area contributed by atoms with Gasteiger partial charge in [-0.15, -0.1) is 0 Å². The van der Waals surface area contributed by atoms with Gasteiger partial charge in [0.15, 0.2) is 6.61 Å². The first-order valence-corrected chi connectivity index (χ1v) is 15.8. The van der Waals surface area contributed by atoms with E-state index in [0.29, 0.717) is 36.3 Å². The van der Waals surface area contributed by atoms with Gasteiger partial charge in [0.25, 0.3) is 5.91 Å². The number of carboxylic acids is 2. The van der Waals surface area contributed by atoms with Crippen LogP contribution >= 0.6 is 0 Å². The molecule has 0 aliphatic rings. The van der Waals surface area contributed by atoms with E-state index in [1.54, 1.807) is 30.3 Å². The van der Waals surface area contributed by atoms with Gasteiger partial charge >= 0.3 is 18.0 Å². The van der Waals surface area contributed by atoms with Crippen molar-refractivity contribution in [2.45, 2.75) is 59.9 Å². The number of amides is 3. The SMILES string of the molecule is CC(C)Cc1cc(CCC(=O)O)ccc1NC(=O)N(Cc1cccc2ccccc12)C(=O)c1ccc(OCC(=O)O)c(CC(C)C)c1. The van der Waals surface area contributed by atoms with Crippen molar-refractivity contribution >= 4 is 40.3 Å². The molecule has 0 radical (unpaired) electrons. The molecular formula is C38H42N2O7. The molecule has 0 bridgehead atoms. The molecule has 0 fully saturated rings. The summed E-state index contributed by atoms with van der Waals surface area (Å²) in [5, 5.41) is 23.2. The van der Waals surface area contributed by atoms with Crippen LogP contribution in [0.5, 0.6) is 5.75 Å². The summed E-state index contributed by atoms with van der Waals surface area (Å²) in [6.07, 6.45) is 1.55. The first kappa shape index (κ1) is 34.7. The largest absolute Gasteiger partial charge is 0.482 e. The van der Waals surface area contributed by atoms with E-state index in [9.17, 15) is 19.2 Å². The van der Waals surface area contributed by atoms with E-state index < -0.39 is 30.5 Å². The average Bonchev–Trinajstić information content (AvgIpc) is 3.02. The zero-order valence-electron chi connectivity index (χ0n) is 27.3. The number of imide groups is 1. The summed E-state index contributed by atoms with van der Waals surface area (Å²) in [4.78, 5) is 51.9. The van der Waals surface area contributed by atoms with Gasteiger partial charge in [0.2, 0.25) is 0 Å². The minimum absolute atomic E-state index is 0.000922. The number of carbonyl (C=O) groups excluding carboxylic acids is 2. The maximum absolute atomic E-state index is 14.3. The number of aryl methyl sites for hydroxylation is 1. The predicted molar refractivity (Wildman–Crippen MR) is 182 cm³/mol. The van der Waals surface area contributed by atoms with E-state index >= 15 is 0 Å². The molecular weight excluding hydrogens is 596 g/mol. The van der Waals surface area contributed by atoms with E-state index in [0.717, 1.165) is 27.5 Å². The number of rotatable bonds is 14. The molecule has 47 heavy (non-hydrogen) atoms. The smallest absolute Gasteiger partial charge is 0.341 e. The molecule has 0 aliphatic heterocycles. The van der Waals surface area contributed by atoms with Crippen LogP contribution in [-0.2, 0) is 35.4 Å². The van der Waals surface area contributed by atoms with Gasteiger partial charge in [-0.05, 0) is 88.4 Å². The second-order valence-corrected chi connectivity index (χ2v) is 12.5. The van der Waals surface area contributed by atoms with Crippen LogP contribution in [0.4, 0.5) is 10.5 Å². The number of anilines is 1. The summed E-state index contributed by atoms with van der Waals surface area (Å²) < 4.78 is 5.51. The summed E-state index contributed by atoms with van der Waals surface area (Å²) in [6.45, 7) is 7.63. The lowest BCUT2D eigenvalue weighted by Gasteiger charge is -2.24. The molecule has 246 valence electrons. The third kappa shape index (κ3) is 9.66. The molecule has 0 aliphatic carbocycles. The fourth-order valence-corrected chi connectivity index (χ4v) is 5.55. The van der Waals surface area contributed by atoms with Crippen LogP contribution < -0.4 is 10.1 Å². The maximum atomic E-state index is 14.3. The van der Waals surface area contributed by atoms with E-state index in [1.165, 1.54) is 4.90 Å². The third-order valence-electron chi connectivity index (χ3n) is 7.65. The molecule has 3 amide bonds. The third-order valence-corrected chi connectivity index (χ3v) is 7.65. The van der Waals surface area contributed by atoms with Crippen molar-refractivity contribution in [3.8, 4) is 5.75 Å². The molecule has 0 unspecified atom stereocenters. The number of hydrogen-bond acceptors (Lipinski definition) is 5. The van der Waals surface area contributed by atoms with E-state index in [1.807, 2.05) is 62.4 Å². The lowest BCUT2D eigenvalue weighted by atomic mass is 9.97. The molecule has 0 saturated carbocycles. The Morgan fingerprint density at radius 1 is 0.766 bits per heavy atom. The molecule has 9 nitrogen and oxygen atoms in total. The molecule has 0 heterocycles. The molecule has 0 saturated heterocycles. The number of urea groups is 1. The second-order valence-electron chi connectivity index (χ2n) is 12.5. The Labute approximate surface area is 275 Å². The highest BCUT2D eigenvalue weighted by Crippen LogP contribution is 2.27. The van der Waals surface area contributed by atoms with Crippen molar-refractivity contribution < 1.29 is 34.1 Å². The fraction of sp³-hybridized carbons (Fsp3) is 0.316. The Kier molecular flexibility index (Phi) is 11.7. The number of benzene rings is 4. The molecule has 0 spiro atoms. The number of carboxylic acid groups (broad SMARTS) is 2. The fourth-order valence-electron chi connectivity index (χ4n) is 5.55. The number of carbonyl (C=O) groups is 4. The first-order chi connectivity index (χ1) is 22.4. The van der Waals surface area contributed by atoms with Crippen molar-refractivity contribution in [1.82, 2.24) is 4.90 Å². The van der Waals surface area contributed by atoms with Crippen LogP contribution in [0.25, 0.3) is 10.8 Å². The highest BCUT2D eigenvalue weighted by Gasteiger charge is 2.26. The highest BCUT2D eigenvalue weighted by atomic mass is 16.5. The second kappa shape index (κ2) is 15.9. The van der Waals surface area contributed by atoms with Crippen LogP contribution in [0.2, 0.25) is 0 Å². The molecule has 4 aromatic carbocycles. The summed E-state index contributed by atoms with van der Waals surface area (Å²) in [5.74, 6) is -1.67. The van der Waals surface area contributed by atoms with Gasteiger partial charge in [0, 0.05) is 17.7 Å². The van der Waals surface area contributed by atoms with Crippen molar-refractivity contribution in [2.24, 2.45) is 11.8 Å². The van der Waals surface area contributed by atoms with Crippen LogP contribution in [0.1, 0.15) is 66.7 Å². The Morgan fingerprint density at radius 3 is 2.17 bits per heavy atom. The number of nitrogens with zero attached hydrogens (tertiary/aromatic N) is 1. The normalized spacial score (nSPS) is 11.1. The van der Waals surface area contributed by atoms with Crippen molar-refractivity contribution in [3.05, 3.63) is 107 Å². The summed E-state index contributed by atoms with van der Waals surface area (Å²) >= 11 is 0. The minimum atomic E-state index is -1.11. The number of nitrogens with one attached hydrogen (secondary N) is 1. The lowest BCUT2D eigenvalue weighted by molar-refractivity contribution is -0.139. The van der Waals surface area contributed by atoms with Crippen molar-refractivity contribution in [1.29, 1.82) is 0 Å². The van der Waals surface area contributed by atoms with Gasteiger partial charge in [-0.25, -0.2) is 9.59 Å². The molecule has 4 aromatic rings. The molecule has 3 N–H and O–H groups in total. The zero-order valence-corrected chi connectivity index (χ0v) is 27.3. The summed E-state index contributed by atoms with van der Waals surface area (Å²) in [5.41, 5.74) is 4.00. The Morgan fingerprint density at radius 2 is 1.47 bits per heavy atom. The van der Waals surface area contributed by atoms with E-state index in [4.69, 9.17) is 14.9 Å². The monoisotopic (exact) mass is 638 g/mol. The van der Waals surface area contributed by atoms with Gasteiger partial charge in [-0.3, -0.25) is 14.5 Å². The quantitative estimate of drug-likeness (QED) is 0.130. The predicted octanol–water partition coefficient (Wildman–Crippen LogP) is 7.59. The van der Waals surface area contributed by atoms with Gasteiger partial charge < -0.3 is 20.3 Å². The van der Waals surface area contributed by atoms with E-state index in [2.05, 4.69) is 19.2 Å². The van der Waals surface area contributed by atoms with Crippen LogP contribution in [0, 0.1) is 11.8 Å². The number of fused-ring (bicyclic) bond motifs is 1. The number of ether oxygens (including phenoxy) is 1. The molecule has 0 aromatic heterocycles. The van der Waals surface area contributed by atoms with E-state index in [-0.39, 0.29) is 30.4 Å². The number of aliphatic carboxylic acids is 2. The summed E-state index contributed by atoms with van der Waals surface area (Å²) in [7, 11) is 0. The number of hydrogen-bond donors (Lipinski definition) is 3. The molecule has 0 atom stereocenters. The average molecular weight is 639 g/mol. The Hall–Kier alpha value is -5.18. The van der Waals surface area contributed by atoms with Crippen LogP contribution in [-0.4, -0.2) is 45.6 Å². The molecule has 4 rings (SSSR count). The zero-order chi connectivity index (χ0) is 34.1. The van der Waals surface area contributed by atoms with Gasteiger partial charge in [-0.1, -0.05) is 82.3 Å². The highest BCUT2D eigenvalue weighted by molar-refractivity contribution is 6.08. The standard InChI is InChI=1S/C38H42N2O7/c1-24(2)18-30-20-26(13-17-35(41)42)12-15-33(30)39-38(46)40(22-29-10-7-9-27-8-5-6-11-32(27)29)37(45)28-14-16-34(47-23-36(43)44)31(21-28)19-25(3)4/h5-12,14-16,20-21,24-25H,13,17-19,22-23H2,1-4H3,(H,39,46)(H,41,42)(H,43,44). The van der Waals surface area contributed by atoms with Crippen LogP contribution in [0.3, 0.4) is 0 Å². The molecule has 9 heteroatoms. The maximum Gasteiger partial charge on any atom is 0.341 e. The van der Waals surface area contributed by atoms with Gasteiger partial charge in [0.1, 0.15) is 5.75 Å². The van der Waals surface area contributed by atoms with Gasteiger partial charge in [-0.2, -0.15) is 0 Å². The summed E-state index contributed by atoms with van der Waals surface area (Å²) in [6, 6.07) is 23.2. The van der Waals surface area contributed by atoms with Gasteiger partial charge in [0.05, 0.1) is 6.54 Å². The Bertz CT molecular complexity index is 1760. The van der Waals surface area contributed by atoms with Crippen LogP contribution in [0.15, 0.2) is 78.9 Å². The topological polar surface area (TPSA) is 133 Å². The lowest BCUT2D eigenvalue weighted by Crippen LogP contribution is -2.39.